The first-order valence-electron chi connectivity index (χ1n) is 14.4. The highest BCUT2D eigenvalue weighted by Crippen LogP contribution is 2.23. The van der Waals surface area contributed by atoms with Gasteiger partial charge in [0.25, 0.3) is 11.8 Å². The molecule has 3 aromatic carbocycles. The van der Waals surface area contributed by atoms with Crippen LogP contribution in [-0.2, 0) is 13.0 Å². The number of likely N-dealkylation sites (tertiary alicyclic amines) is 1. The maximum absolute atomic E-state index is 13.7. The van der Waals surface area contributed by atoms with Crippen LogP contribution in [0.15, 0.2) is 78.9 Å². The number of amides is 2. The zero-order valence-corrected chi connectivity index (χ0v) is 23.7. The summed E-state index contributed by atoms with van der Waals surface area (Å²) in [7, 11) is 0. The summed E-state index contributed by atoms with van der Waals surface area (Å²) in [6, 6.07) is 26.0. The molecule has 1 fully saturated rings. The van der Waals surface area contributed by atoms with E-state index in [2.05, 4.69) is 41.1 Å². The Balaban J connectivity index is 1.39. The van der Waals surface area contributed by atoms with Crippen LogP contribution in [0.25, 0.3) is 0 Å². The number of benzene rings is 3. The van der Waals surface area contributed by atoms with E-state index in [0.29, 0.717) is 24.6 Å². The number of carbonyl (C=O) groups excluding carboxylic acids is 2. The Morgan fingerprint density at radius 1 is 0.872 bits per heavy atom. The lowest BCUT2D eigenvalue weighted by Crippen LogP contribution is -2.47. The van der Waals surface area contributed by atoms with Gasteiger partial charge in [-0.1, -0.05) is 74.0 Å². The van der Waals surface area contributed by atoms with Gasteiger partial charge in [-0.05, 0) is 80.5 Å². The highest BCUT2D eigenvalue weighted by Gasteiger charge is 2.29. The van der Waals surface area contributed by atoms with Gasteiger partial charge < -0.3 is 15.1 Å². The molecule has 1 aliphatic rings. The van der Waals surface area contributed by atoms with Crippen LogP contribution in [0.2, 0.25) is 0 Å². The van der Waals surface area contributed by atoms with E-state index in [1.165, 1.54) is 12.0 Å². The number of hydrogen-bond donors (Lipinski definition) is 1. The van der Waals surface area contributed by atoms with Crippen molar-refractivity contribution in [1.29, 1.82) is 0 Å². The van der Waals surface area contributed by atoms with Gasteiger partial charge in [-0.2, -0.15) is 0 Å². The summed E-state index contributed by atoms with van der Waals surface area (Å²) in [6.45, 7) is 10.9. The van der Waals surface area contributed by atoms with Gasteiger partial charge in [-0.3, -0.25) is 9.59 Å². The molecule has 0 bridgehead atoms. The minimum Gasteiger partial charge on any atom is -0.352 e. The molecule has 4 rings (SSSR count). The number of aryl methyl sites for hydroxylation is 1. The molecule has 2 amide bonds. The van der Waals surface area contributed by atoms with E-state index in [-0.39, 0.29) is 17.9 Å². The number of carbonyl (C=O) groups is 2. The smallest absolute Gasteiger partial charge is 0.254 e. The summed E-state index contributed by atoms with van der Waals surface area (Å²) < 4.78 is 0. The van der Waals surface area contributed by atoms with E-state index in [9.17, 15) is 9.59 Å². The Bertz CT molecular complexity index is 1180. The molecule has 0 saturated carbocycles. The maximum atomic E-state index is 13.7. The Morgan fingerprint density at radius 2 is 1.51 bits per heavy atom. The van der Waals surface area contributed by atoms with Crippen LogP contribution in [-0.4, -0.2) is 53.8 Å². The van der Waals surface area contributed by atoms with Crippen molar-refractivity contribution < 1.29 is 9.59 Å². The van der Waals surface area contributed by atoms with Crippen molar-refractivity contribution in [3.63, 3.8) is 0 Å². The molecule has 0 unspecified atom stereocenters. The second-order valence-corrected chi connectivity index (χ2v) is 11.2. The third kappa shape index (κ3) is 8.52. The summed E-state index contributed by atoms with van der Waals surface area (Å²) in [5, 5.41) is 3.02. The first-order valence-corrected chi connectivity index (χ1v) is 14.4. The quantitative estimate of drug-likeness (QED) is 0.328. The summed E-state index contributed by atoms with van der Waals surface area (Å²) in [5.41, 5.74) is 4.77. The number of nitrogens with one attached hydrogen (secondary N) is 1. The minimum absolute atomic E-state index is 0.0705. The van der Waals surface area contributed by atoms with Gasteiger partial charge in [0.2, 0.25) is 0 Å². The predicted octanol–water partition coefficient (Wildman–Crippen LogP) is 6.12. The SMILES string of the molecule is Cc1ccc(C(=O)N(Cc2ccc(C(=O)NCCc3ccccc3)cc2)C2CCN(CCC(C)C)CC2)cc1. The molecule has 1 aliphatic heterocycles. The van der Waals surface area contributed by atoms with Crippen molar-refractivity contribution in [3.8, 4) is 0 Å². The Morgan fingerprint density at radius 3 is 2.15 bits per heavy atom. The van der Waals surface area contributed by atoms with Gasteiger partial charge in [0.05, 0.1) is 0 Å². The zero-order valence-electron chi connectivity index (χ0n) is 23.7. The van der Waals surface area contributed by atoms with Crippen molar-refractivity contribution in [3.05, 3.63) is 107 Å². The van der Waals surface area contributed by atoms with Crippen LogP contribution in [0.4, 0.5) is 0 Å². The summed E-state index contributed by atoms with van der Waals surface area (Å²) >= 11 is 0. The molecule has 1 N–H and O–H groups in total. The second-order valence-electron chi connectivity index (χ2n) is 11.2. The van der Waals surface area contributed by atoms with Gasteiger partial charge in [-0.25, -0.2) is 0 Å². The largest absolute Gasteiger partial charge is 0.352 e. The van der Waals surface area contributed by atoms with Crippen LogP contribution < -0.4 is 5.32 Å². The van der Waals surface area contributed by atoms with Crippen molar-refractivity contribution >= 4 is 11.8 Å². The Kier molecular flexibility index (Phi) is 10.3. The van der Waals surface area contributed by atoms with Crippen LogP contribution >= 0.6 is 0 Å². The molecule has 1 saturated heterocycles. The topological polar surface area (TPSA) is 52.7 Å². The molecular formula is C34H43N3O2. The molecule has 39 heavy (non-hydrogen) atoms. The van der Waals surface area contributed by atoms with E-state index >= 15 is 0 Å². The lowest BCUT2D eigenvalue weighted by molar-refractivity contribution is 0.0546. The molecule has 5 nitrogen and oxygen atoms in total. The molecule has 5 heteroatoms. The van der Waals surface area contributed by atoms with E-state index in [0.717, 1.165) is 55.6 Å². The monoisotopic (exact) mass is 525 g/mol. The zero-order chi connectivity index (χ0) is 27.6. The Labute approximate surface area is 234 Å². The number of rotatable bonds is 11. The minimum atomic E-state index is -0.0705. The number of nitrogens with zero attached hydrogens (tertiary/aromatic N) is 2. The maximum Gasteiger partial charge on any atom is 0.254 e. The first kappa shape index (κ1) is 28.6. The normalized spacial score (nSPS) is 14.4. The van der Waals surface area contributed by atoms with Crippen molar-refractivity contribution in [2.24, 2.45) is 5.92 Å². The van der Waals surface area contributed by atoms with E-state index in [1.807, 2.05) is 73.7 Å². The van der Waals surface area contributed by atoms with E-state index in [1.54, 1.807) is 0 Å². The highest BCUT2D eigenvalue weighted by molar-refractivity contribution is 5.95. The van der Waals surface area contributed by atoms with Crippen LogP contribution in [0.3, 0.4) is 0 Å². The van der Waals surface area contributed by atoms with Crippen molar-refractivity contribution in [2.45, 2.75) is 59.0 Å². The molecule has 0 atom stereocenters. The molecule has 3 aromatic rings. The van der Waals surface area contributed by atoms with E-state index < -0.39 is 0 Å². The van der Waals surface area contributed by atoms with E-state index in [4.69, 9.17) is 0 Å². The molecule has 0 aliphatic carbocycles. The highest BCUT2D eigenvalue weighted by atomic mass is 16.2. The van der Waals surface area contributed by atoms with Gasteiger partial charge in [-0.15, -0.1) is 0 Å². The fourth-order valence-corrected chi connectivity index (χ4v) is 5.15. The second kappa shape index (κ2) is 14.1. The molecule has 0 aromatic heterocycles. The summed E-state index contributed by atoms with van der Waals surface area (Å²) in [5.74, 6) is 0.716. The molecule has 206 valence electrons. The first-order chi connectivity index (χ1) is 18.9. The summed E-state index contributed by atoms with van der Waals surface area (Å²) in [6.07, 6.45) is 3.98. The lowest BCUT2D eigenvalue weighted by atomic mass is 9.99. The van der Waals surface area contributed by atoms with Gasteiger partial charge in [0, 0.05) is 43.3 Å². The average Bonchev–Trinajstić information content (AvgIpc) is 2.96. The average molecular weight is 526 g/mol. The van der Waals surface area contributed by atoms with Crippen LogP contribution in [0.5, 0.6) is 0 Å². The molecule has 1 heterocycles. The standard InChI is InChI=1S/C34H43N3O2/c1-26(2)18-22-36-23-19-32(20-24-36)37(34(39)31-13-9-27(3)10-14-31)25-29-11-15-30(16-12-29)33(38)35-21-17-28-7-5-4-6-8-28/h4-16,26,32H,17-25H2,1-3H3,(H,35,38). The lowest BCUT2D eigenvalue weighted by Gasteiger charge is -2.39. The summed E-state index contributed by atoms with van der Waals surface area (Å²) in [4.78, 5) is 31.0. The predicted molar refractivity (Wildman–Crippen MR) is 159 cm³/mol. The molecular weight excluding hydrogens is 482 g/mol. The van der Waals surface area contributed by atoms with Crippen molar-refractivity contribution in [2.75, 3.05) is 26.2 Å². The van der Waals surface area contributed by atoms with Crippen LogP contribution in [0, 0.1) is 12.8 Å². The third-order valence-corrected chi connectivity index (χ3v) is 7.69. The van der Waals surface area contributed by atoms with Gasteiger partial charge >= 0.3 is 0 Å². The molecule has 0 spiro atoms. The number of piperidine rings is 1. The Hall–Kier alpha value is -3.44. The fourth-order valence-electron chi connectivity index (χ4n) is 5.15. The number of hydrogen-bond acceptors (Lipinski definition) is 3. The van der Waals surface area contributed by atoms with Gasteiger partial charge in [0.15, 0.2) is 0 Å². The third-order valence-electron chi connectivity index (χ3n) is 7.69. The fraction of sp³-hybridized carbons (Fsp3) is 0.412. The molecule has 0 radical (unpaired) electrons. The van der Waals surface area contributed by atoms with Crippen molar-refractivity contribution in [1.82, 2.24) is 15.1 Å². The van der Waals surface area contributed by atoms with Crippen LogP contribution in [0.1, 0.15) is 70.5 Å². The van der Waals surface area contributed by atoms with Gasteiger partial charge in [0.1, 0.15) is 0 Å².